The first-order valence-corrected chi connectivity index (χ1v) is 9.23. The topological polar surface area (TPSA) is 71.1 Å². The predicted octanol–water partition coefficient (Wildman–Crippen LogP) is 4.54. The lowest BCUT2D eigenvalue weighted by molar-refractivity contribution is 0.138. The summed E-state index contributed by atoms with van der Waals surface area (Å²) in [7, 11) is 0. The first-order valence-electron chi connectivity index (χ1n) is 8.82. The van der Waals surface area contributed by atoms with Gasteiger partial charge in [0.05, 0.1) is 12.1 Å². The van der Waals surface area contributed by atoms with E-state index in [2.05, 4.69) is 15.5 Å². The summed E-state index contributed by atoms with van der Waals surface area (Å²) in [5.74, 6) is 0.0607. The van der Waals surface area contributed by atoms with Crippen molar-refractivity contribution in [2.75, 3.05) is 13.2 Å². The van der Waals surface area contributed by atoms with Crippen LogP contribution in [0, 0.1) is 0 Å². The fourth-order valence-electron chi connectivity index (χ4n) is 2.80. The Labute approximate surface area is 163 Å². The average molecular weight is 382 g/mol. The maximum atomic E-state index is 10.6. The molecule has 0 bridgehead atoms. The molecule has 0 fully saturated rings. The molecule has 140 valence electrons. The van der Waals surface area contributed by atoms with Crippen molar-refractivity contribution in [2.45, 2.75) is 20.0 Å². The van der Waals surface area contributed by atoms with Crippen LogP contribution in [0.2, 0.25) is 0 Å². The van der Waals surface area contributed by atoms with Crippen LogP contribution in [-0.2, 0) is 17.8 Å². The standard InChI is InChI=1S/C20H22N4O2S/c1-2-26-13-12-24-17-11-7-6-10-16(17)18(19(24)25)22-23-20(27)21-14-15-8-4-3-5-9-15/h3-11,25H,2,12-14H2,1H3,(H,21,27). The van der Waals surface area contributed by atoms with E-state index in [1.807, 2.05) is 61.5 Å². The van der Waals surface area contributed by atoms with Gasteiger partial charge in [0.15, 0.2) is 5.69 Å². The third-order valence-electron chi connectivity index (χ3n) is 4.11. The molecule has 27 heavy (non-hydrogen) atoms. The van der Waals surface area contributed by atoms with Gasteiger partial charge in [-0.15, -0.1) is 10.2 Å². The molecule has 0 atom stereocenters. The highest BCUT2D eigenvalue weighted by atomic mass is 32.1. The minimum atomic E-state index is 0.0607. The molecule has 0 aliphatic rings. The van der Waals surface area contributed by atoms with Crippen LogP contribution in [0.5, 0.6) is 5.88 Å². The number of fused-ring (bicyclic) bond motifs is 1. The molecule has 2 aromatic carbocycles. The number of para-hydroxylation sites is 1. The third-order valence-corrected chi connectivity index (χ3v) is 4.33. The predicted molar refractivity (Wildman–Crippen MR) is 110 cm³/mol. The van der Waals surface area contributed by atoms with Crippen LogP contribution in [-0.4, -0.2) is 28.0 Å². The van der Waals surface area contributed by atoms with E-state index in [1.54, 1.807) is 4.57 Å². The van der Waals surface area contributed by atoms with Crippen LogP contribution in [0.3, 0.4) is 0 Å². The molecule has 0 saturated carbocycles. The number of hydrogen-bond acceptors (Lipinski definition) is 4. The van der Waals surface area contributed by atoms with Crippen molar-refractivity contribution in [2.24, 2.45) is 10.2 Å². The quantitative estimate of drug-likeness (QED) is 0.357. The molecule has 0 unspecified atom stereocenters. The molecule has 7 heteroatoms. The van der Waals surface area contributed by atoms with Crippen molar-refractivity contribution in [1.29, 1.82) is 0 Å². The summed E-state index contributed by atoms with van der Waals surface area (Å²) < 4.78 is 7.18. The molecule has 3 aromatic rings. The van der Waals surface area contributed by atoms with Crippen LogP contribution in [0.1, 0.15) is 12.5 Å². The largest absolute Gasteiger partial charge is 0.493 e. The fourth-order valence-corrected chi connectivity index (χ4v) is 2.91. The van der Waals surface area contributed by atoms with Crippen LogP contribution >= 0.6 is 12.2 Å². The van der Waals surface area contributed by atoms with E-state index >= 15 is 0 Å². The van der Waals surface area contributed by atoms with Gasteiger partial charge in [0.25, 0.3) is 0 Å². The Morgan fingerprint density at radius 1 is 1.15 bits per heavy atom. The number of ether oxygens (including phenoxy) is 1. The van der Waals surface area contributed by atoms with E-state index in [1.165, 1.54) is 0 Å². The lowest BCUT2D eigenvalue weighted by atomic mass is 10.2. The highest BCUT2D eigenvalue weighted by molar-refractivity contribution is 7.80. The van der Waals surface area contributed by atoms with Crippen LogP contribution in [0.15, 0.2) is 64.8 Å². The van der Waals surface area contributed by atoms with E-state index in [0.29, 0.717) is 32.0 Å². The number of hydrogen-bond donors (Lipinski definition) is 2. The fraction of sp³-hybridized carbons (Fsp3) is 0.250. The van der Waals surface area contributed by atoms with E-state index in [-0.39, 0.29) is 11.0 Å². The van der Waals surface area contributed by atoms with Gasteiger partial charge in [-0.1, -0.05) is 48.5 Å². The molecule has 0 aliphatic carbocycles. The van der Waals surface area contributed by atoms with Gasteiger partial charge >= 0.3 is 0 Å². The highest BCUT2D eigenvalue weighted by Gasteiger charge is 2.16. The summed E-state index contributed by atoms with van der Waals surface area (Å²) in [6.45, 7) is 4.19. The van der Waals surface area contributed by atoms with Gasteiger partial charge < -0.3 is 19.7 Å². The van der Waals surface area contributed by atoms with Crippen molar-refractivity contribution >= 4 is 33.9 Å². The van der Waals surface area contributed by atoms with Crippen molar-refractivity contribution < 1.29 is 9.84 Å². The normalized spacial score (nSPS) is 11.3. The maximum absolute atomic E-state index is 10.6. The number of rotatable bonds is 7. The molecule has 0 amide bonds. The Morgan fingerprint density at radius 3 is 2.67 bits per heavy atom. The monoisotopic (exact) mass is 382 g/mol. The second kappa shape index (κ2) is 9.25. The summed E-state index contributed by atoms with van der Waals surface area (Å²) in [4.78, 5) is 0. The number of nitrogens with zero attached hydrogens (tertiary/aromatic N) is 3. The highest BCUT2D eigenvalue weighted by Crippen LogP contribution is 2.38. The molecule has 0 spiro atoms. The summed E-state index contributed by atoms with van der Waals surface area (Å²) >= 11 is 5.23. The van der Waals surface area contributed by atoms with Gasteiger partial charge in [-0.25, -0.2) is 0 Å². The lowest BCUT2D eigenvalue weighted by Gasteiger charge is -2.06. The Morgan fingerprint density at radius 2 is 1.89 bits per heavy atom. The zero-order valence-electron chi connectivity index (χ0n) is 15.1. The second-order valence-electron chi connectivity index (χ2n) is 5.88. The van der Waals surface area contributed by atoms with Crippen molar-refractivity contribution in [3.8, 4) is 5.88 Å². The zero-order valence-corrected chi connectivity index (χ0v) is 15.9. The molecule has 1 aromatic heterocycles. The van der Waals surface area contributed by atoms with Crippen LogP contribution in [0.4, 0.5) is 5.69 Å². The molecule has 2 N–H and O–H groups in total. The summed E-state index contributed by atoms with van der Waals surface area (Å²) in [6.07, 6.45) is 0. The molecule has 0 saturated heterocycles. The third kappa shape index (κ3) is 4.69. The molecular weight excluding hydrogens is 360 g/mol. The Kier molecular flexibility index (Phi) is 6.51. The Hall–Kier alpha value is -2.77. The molecular formula is C20H22N4O2S. The average Bonchev–Trinajstić information content (AvgIpc) is 2.97. The van der Waals surface area contributed by atoms with Crippen molar-refractivity contribution in [1.82, 2.24) is 9.88 Å². The van der Waals surface area contributed by atoms with Crippen LogP contribution in [0.25, 0.3) is 10.9 Å². The summed E-state index contributed by atoms with van der Waals surface area (Å²) in [5.41, 5.74) is 2.39. The smallest absolute Gasteiger partial charge is 0.220 e. The molecule has 0 aliphatic heterocycles. The van der Waals surface area contributed by atoms with E-state index in [9.17, 15) is 5.11 Å². The minimum Gasteiger partial charge on any atom is -0.493 e. The first kappa shape index (κ1) is 19.0. The number of aromatic nitrogens is 1. The van der Waals surface area contributed by atoms with Crippen LogP contribution < -0.4 is 5.32 Å². The van der Waals surface area contributed by atoms with Gasteiger partial charge in [0, 0.05) is 25.1 Å². The number of nitrogens with one attached hydrogen (secondary N) is 1. The number of aromatic hydroxyl groups is 1. The number of benzene rings is 2. The van der Waals surface area contributed by atoms with E-state index in [4.69, 9.17) is 17.0 Å². The molecule has 3 rings (SSSR count). The number of azo groups is 1. The van der Waals surface area contributed by atoms with E-state index in [0.717, 1.165) is 16.5 Å². The van der Waals surface area contributed by atoms with Gasteiger partial charge in [-0.2, -0.15) is 0 Å². The second-order valence-corrected chi connectivity index (χ2v) is 6.27. The van der Waals surface area contributed by atoms with Gasteiger partial charge in [0.2, 0.25) is 11.0 Å². The first-order chi connectivity index (χ1) is 13.2. The van der Waals surface area contributed by atoms with Crippen molar-refractivity contribution in [3.05, 3.63) is 60.2 Å². The maximum Gasteiger partial charge on any atom is 0.220 e. The number of thiocarbonyl (C=S) groups is 1. The molecule has 1 heterocycles. The van der Waals surface area contributed by atoms with Gasteiger partial charge in [-0.05, 0) is 30.8 Å². The SMILES string of the molecule is CCOCCn1c(O)c(N=NC(=S)NCc2ccccc2)c2ccccc21. The lowest BCUT2D eigenvalue weighted by Crippen LogP contribution is -2.18. The summed E-state index contributed by atoms with van der Waals surface area (Å²) in [5, 5.41) is 23.0. The Bertz CT molecular complexity index is 938. The van der Waals surface area contributed by atoms with Gasteiger partial charge in [-0.3, -0.25) is 0 Å². The Balaban J connectivity index is 1.76. The van der Waals surface area contributed by atoms with Crippen molar-refractivity contribution in [3.63, 3.8) is 0 Å². The zero-order chi connectivity index (χ0) is 19.1. The minimum absolute atomic E-state index is 0.0607. The summed E-state index contributed by atoms with van der Waals surface area (Å²) in [6, 6.07) is 17.6. The molecule has 0 radical (unpaired) electrons. The van der Waals surface area contributed by atoms with E-state index < -0.39 is 0 Å². The molecule has 6 nitrogen and oxygen atoms in total. The van der Waals surface area contributed by atoms with Gasteiger partial charge in [0.1, 0.15) is 0 Å².